The largest absolute Gasteiger partial charge is 0.495 e. The van der Waals surface area contributed by atoms with E-state index in [1.807, 2.05) is 25.3 Å². The number of aryl methyl sites for hydroxylation is 1. The number of amides is 1. The maximum absolute atomic E-state index is 12.3. The lowest BCUT2D eigenvalue weighted by atomic mass is 10.2. The van der Waals surface area contributed by atoms with Crippen LogP contribution >= 0.6 is 23.4 Å². The van der Waals surface area contributed by atoms with Gasteiger partial charge in [0.2, 0.25) is 0 Å². The van der Waals surface area contributed by atoms with Crippen LogP contribution in [0, 0.1) is 6.92 Å². The molecule has 0 radical (unpaired) electrons. The summed E-state index contributed by atoms with van der Waals surface area (Å²) in [6.45, 7) is 1.93. The number of methoxy groups -OCH3 is 1. The second kappa shape index (κ2) is 6.78. The Bertz CT molecular complexity index is 679. The predicted octanol–water partition coefficient (Wildman–Crippen LogP) is 3.42. The van der Waals surface area contributed by atoms with E-state index < -0.39 is 0 Å². The van der Waals surface area contributed by atoms with Crippen molar-refractivity contribution in [3.63, 3.8) is 0 Å². The van der Waals surface area contributed by atoms with Crippen LogP contribution in [0.5, 0.6) is 5.75 Å². The molecule has 0 aliphatic heterocycles. The molecule has 0 aliphatic carbocycles. The maximum atomic E-state index is 12.3. The smallest absolute Gasteiger partial charge is 0.260 e. The van der Waals surface area contributed by atoms with Crippen molar-refractivity contribution in [3.05, 3.63) is 40.7 Å². The lowest BCUT2D eigenvalue weighted by Crippen LogP contribution is -2.14. The molecule has 110 valence electrons. The second-order valence-electron chi connectivity index (χ2n) is 4.22. The maximum Gasteiger partial charge on any atom is 0.260 e. The van der Waals surface area contributed by atoms with E-state index in [9.17, 15) is 4.79 Å². The summed E-state index contributed by atoms with van der Waals surface area (Å²) in [6, 6.07) is 5.51. The molecule has 0 fully saturated rings. The van der Waals surface area contributed by atoms with Gasteiger partial charge in [-0.2, -0.15) is 0 Å². The van der Waals surface area contributed by atoms with E-state index in [1.54, 1.807) is 13.2 Å². The van der Waals surface area contributed by atoms with E-state index in [1.165, 1.54) is 18.0 Å². The molecule has 0 spiro atoms. The predicted molar refractivity (Wildman–Crippen MR) is 84.5 cm³/mol. The van der Waals surface area contributed by atoms with Crippen molar-refractivity contribution in [2.75, 3.05) is 18.7 Å². The summed E-state index contributed by atoms with van der Waals surface area (Å²) in [5.74, 6) is 0.197. The summed E-state index contributed by atoms with van der Waals surface area (Å²) in [6.07, 6.45) is 3.25. The third-order valence-corrected chi connectivity index (χ3v) is 3.60. The molecular weight excluding hydrogens is 310 g/mol. The van der Waals surface area contributed by atoms with Crippen molar-refractivity contribution >= 4 is 35.0 Å². The van der Waals surface area contributed by atoms with E-state index >= 15 is 0 Å². The zero-order chi connectivity index (χ0) is 15.4. The highest BCUT2D eigenvalue weighted by Gasteiger charge is 2.15. The molecule has 1 aromatic carbocycles. The number of ether oxygens (including phenoxy) is 1. The van der Waals surface area contributed by atoms with E-state index in [-0.39, 0.29) is 16.6 Å². The number of nitrogens with zero attached hydrogens (tertiary/aromatic N) is 2. The fourth-order valence-corrected chi connectivity index (χ4v) is 2.31. The zero-order valence-electron chi connectivity index (χ0n) is 11.8. The van der Waals surface area contributed by atoms with Crippen molar-refractivity contribution in [3.8, 4) is 5.75 Å². The van der Waals surface area contributed by atoms with Gasteiger partial charge in [-0.15, -0.1) is 0 Å². The van der Waals surface area contributed by atoms with Crippen LogP contribution in [-0.4, -0.2) is 29.2 Å². The summed E-state index contributed by atoms with van der Waals surface area (Å²) in [7, 11) is 1.55. The molecule has 5 nitrogen and oxygen atoms in total. The van der Waals surface area contributed by atoms with Gasteiger partial charge in [-0.25, -0.2) is 9.97 Å². The Hall–Kier alpha value is -1.79. The number of halogens is 1. The molecule has 1 N–H and O–H groups in total. The summed E-state index contributed by atoms with van der Waals surface area (Å²) in [5, 5.41) is 3.40. The summed E-state index contributed by atoms with van der Waals surface area (Å²) >= 11 is 7.37. The summed E-state index contributed by atoms with van der Waals surface area (Å²) in [5.41, 5.74) is 1.80. The fourth-order valence-electron chi connectivity index (χ4n) is 1.71. The van der Waals surface area contributed by atoms with Gasteiger partial charge in [0.25, 0.3) is 5.91 Å². The van der Waals surface area contributed by atoms with E-state index in [4.69, 9.17) is 16.3 Å². The Morgan fingerprint density at radius 2 is 2.19 bits per heavy atom. The minimum atomic E-state index is -0.378. The van der Waals surface area contributed by atoms with Crippen molar-refractivity contribution in [1.82, 2.24) is 9.97 Å². The lowest BCUT2D eigenvalue weighted by molar-refractivity contribution is 0.102. The zero-order valence-corrected chi connectivity index (χ0v) is 13.4. The molecule has 0 aliphatic rings. The van der Waals surface area contributed by atoms with Gasteiger partial charge >= 0.3 is 0 Å². The number of aromatic nitrogens is 2. The molecule has 0 bridgehead atoms. The first-order valence-electron chi connectivity index (χ1n) is 6.07. The van der Waals surface area contributed by atoms with Gasteiger partial charge in [0.15, 0.2) is 5.16 Å². The Morgan fingerprint density at radius 1 is 1.43 bits per heavy atom. The molecular formula is C14H14ClN3O2S. The molecule has 7 heteroatoms. The minimum absolute atomic E-state index is 0.124. The van der Waals surface area contributed by atoms with Crippen LogP contribution in [0.2, 0.25) is 5.15 Å². The summed E-state index contributed by atoms with van der Waals surface area (Å²) in [4.78, 5) is 20.4. The first kappa shape index (κ1) is 15.6. The average Bonchev–Trinajstić information content (AvgIpc) is 2.47. The molecule has 0 saturated carbocycles. The van der Waals surface area contributed by atoms with Gasteiger partial charge < -0.3 is 10.1 Å². The van der Waals surface area contributed by atoms with Gasteiger partial charge in [-0.05, 0) is 30.9 Å². The monoisotopic (exact) mass is 323 g/mol. The molecule has 0 unspecified atom stereocenters. The van der Waals surface area contributed by atoms with Crippen LogP contribution in [0.4, 0.5) is 5.69 Å². The van der Waals surface area contributed by atoms with E-state index in [0.29, 0.717) is 16.6 Å². The minimum Gasteiger partial charge on any atom is -0.495 e. The van der Waals surface area contributed by atoms with Crippen molar-refractivity contribution in [2.45, 2.75) is 12.1 Å². The number of carbonyl (C=O) groups is 1. The molecule has 2 rings (SSSR count). The van der Waals surface area contributed by atoms with Gasteiger partial charge in [0, 0.05) is 6.20 Å². The normalized spacial score (nSPS) is 10.3. The van der Waals surface area contributed by atoms with Crippen LogP contribution in [0.3, 0.4) is 0 Å². The molecule has 1 heterocycles. The van der Waals surface area contributed by atoms with E-state index in [2.05, 4.69) is 15.3 Å². The van der Waals surface area contributed by atoms with Gasteiger partial charge in [0.05, 0.1) is 18.4 Å². The molecule has 0 saturated heterocycles. The van der Waals surface area contributed by atoms with Crippen LogP contribution < -0.4 is 10.1 Å². The van der Waals surface area contributed by atoms with Gasteiger partial charge in [-0.3, -0.25) is 4.79 Å². The third kappa shape index (κ3) is 3.65. The Balaban J connectivity index is 2.28. The van der Waals surface area contributed by atoms with Crippen LogP contribution in [0.1, 0.15) is 15.9 Å². The second-order valence-corrected chi connectivity index (χ2v) is 5.35. The summed E-state index contributed by atoms with van der Waals surface area (Å²) < 4.78 is 5.22. The first-order valence-corrected chi connectivity index (χ1v) is 7.68. The number of thioether (sulfide) groups is 1. The number of hydrogen-bond donors (Lipinski definition) is 1. The Labute approximate surface area is 132 Å². The first-order chi connectivity index (χ1) is 10.0. The van der Waals surface area contributed by atoms with Gasteiger partial charge in [-0.1, -0.05) is 29.4 Å². The number of hydrogen-bond acceptors (Lipinski definition) is 5. The van der Waals surface area contributed by atoms with Crippen molar-refractivity contribution in [2.24, 2.45) is 0 Å². The van der Waals surface area contributed by atoms with Crippen molar-refractivity contribution < 1.29 is 9.53 Å². The standard InChI is InChI=1S/C14H14ClN3O2S/c1-8-4-5-11(20-2)10(6-8)17-13(19)9-7-16-14(21-3)18-12(9)15/h4-7H,1-3H3,(H,17,19). The van der Waals surface area contributed by atoms with Gasteiger partial charge in [0.1, 0.15) is 10.9 Å². The van der Waals surface area contributed by atoms with Crippen LogP contribution in [0.15, 0.2) is 29.6 Å². The Kier molecular flexibility index (Phi) is 5.03. The number of benzene rings is 1. The third-order valence-electron chi connectivity index (χ3n) is 2.75. The highest BCUT2D eigenvalue weighted by Crippen LogP contribution is 2.26. The molecule has 2 aromatic rings. The van der Waals surface area contributed by atoms with Crippen LogP contribution in [-0.2, 0) is 0 Å². The topological polar surface area (TPSA) is 64.1 Å². The average molecular weight is 324 g/mol. The van der Waals surface area contributed by atoms with Crippen LogP contribution in [0.25, 0.3) is 0 Å². The van der Waals surface area contributed by atoms with Crippen molar-refractivity contribution in [1.29, 1.82) is 0 Å². The number of rotatable bonds is 4. The molecule has 0 atom stereocenters. The number of carbonyl (C=O) groups excluding carboxylic acids is 1. The number of nitrogens with one attached hydrogen (secondary N) is 1. The SMILES string of the molecule is COc1ccc(C)cc1NC(=O)c1cnc(SC)nc1Cl. The lowest BCUT2D eigenvalue weighted by Gasteiger charge is -2.11. The van der Waals surface area contributed by atoms with E-state index in [0.717, 1.165) is 5.56 Å². The molecule has 1 aromatic heterocycles. The fraction of sp³-hybridized carbons (Fsp3) is 0.214. The number of anilines is 1. The highest BCUT2D eigenvalue weighted by atomic mass is 35.5. The molecule has 1 amide bonds. The highest BCUT2D eigenvalue weighted by molar-refractivity contribution is 7.98. The quantitative estimate of drug-likeness (QED) is 0.530. The molecule has 21 heavy (non-hydrogen) atoms. The Morgan fingerprint density at radius 3 is 2.81 bits per heavy atom.